The van der Waals surface area contributed by atoms with Crippen LogP contribution in [0.1, 0.15) is 20.8 Å². The molecule has 0 bridgehead atoms. The van der Waals surface area contributed by atoms with Crippen LogP contribution in [0.2, 0.25) is 15.8 Å². The minimum atomic E-state index is -0.547. The fourth-order valence-electron chi connectivity index (χ4n) is 1.27. The van der Waals surface area contributed by atoms with Crippen LogP contribution in [0.4, 0.5) is 0 Å². The molecule has 0 spiro atoms. The van der Waals surface area contributed by atoms with Crippen LogP contribution in [0.5, 0.6) is 0 Å². The van der Waals surface area contributed by atoms with E-state index in [2.05, 4.69) is 57.2 Å². The molecular formula is C12H21Al. The summed E-state index contributed by atoms with van der Waals surface area (Å²) in [6.45, 7) is 6.32. The van der Waals surface area contributed by atoms with Crippen molar-refractivity contribution >= 4 is 14.1 Å². The van der Waals surface area contributed by atoms with Crippen LogP contribution >= 0.6 is 0 Å². The highest BCUT2D eigenvalue weighted by molar-refractivity contribution is 6.60. The summed E-state index contributed by atoms with van der Waals surface area (Å²) in [6.07, 6.45) is 13.5. The molecule has 72 valence electrons. The van der Waals surface area contributed by atoms with Crippen molar-refractivity contribution in [3.05, 3.63) is 36.5 Å². The van der Waals surface area contributed by atoms with E-state index in [0.717, 1.165) is 0 Å². The molecule has 1 heteroatoms. The van der Waals surface area contributed by atoms with Gasteiger partial charge in [0.15, 0.2) is 0 Å². The molecule has 0 aliphatic rings. The lowest BCUT2D eigenvalue weighted by molar-refractivity contribution is 1.41. The maximum Gasteiger partial charge on any atom is 0.274 e. The first-order valence-corrected chi connectivity index (χ1v) is 7.63. The Kier molecular flexibility index (Phi) is 9.65. The molecule has 0 atom stereocenters. The Hall–Kier alpha value is -0.248. The molecule has 0 aromatic carbocycles. The predicted octanol–water partition coefficient (Wildman–Crippen LogP) is 4.21. The molecule has 0 aliphatic heterocycles. The molecule has 0 amide bonds. The Labute approximate surface area is 87.4 Å². The van der Waals surface area contributed by atoms with Crippen LogP contribution in [0, 0.1) is 0 Å². The Balaban J connectivity index is 3.86. The normalized spacial score (nSPS) is 12.2. The fourth-order valence-corrected chi connectivity index (χ4v) is 3.82. The van der Waals surface area contributed by atoms with Gasteiger partial charge in [-0.3, -0.25) is 0 Å². The van der Waals surface area contributed by atoms with Crippen molar-refractivity contribution in [1.82, 2.24) is 0 Å². The van der Waals surface area contributed by atoms with Gasteiger partial charge in [-0.15, -0.1) is 18.2 Å². The third kappa shape index (κ3) is 8.09. The van der Waals surface area contributed by atoms with Crippen molar-refractivity contribution in [2.24, 2.45) is 0 Å². The number of rotatable bonds is 6. The Morgan fingerprint density at radius 3 is 1.23 bits per heavy atom. The lowest BCUT2D eigenvalue weighted by Gasteiger charge is -2.02. The van der Waals surface area contributed by atoms with E-state index in [-0.39, 0.29) is 0 Å². The predicted molar refractivity (Wildman–Crippen MR) is 64.6 cm³/mol. The van der Waals surface area contributed by atoms with Crippen LogP contribution in [0.25, 0.3) is 0 Å². The number of hydrogen-bond donors (Lipinski definition) is 0. The van der Waals surface area contributed by atoms with E-state index in [0.29, 0.717) is 0 Å². The van der Waals surface area contributed by atoms with Crippen molar-refractivity contribution in [3.8, 4) is 0 Å². The molecule has 0 unspecified atom stereocenters. The largest absolute Gasteiger partial charge is 0.274 e. The first-order chi connectivity index (χ1) is 6.35. The summed E-state index contributed by atoms with van der Waals surface area (Å²) in [7, 11) is 0. The van der Waals surface area contributed by atoms with Crippen LogP contribution in [-0.2, 0) is 0 Å². The van der Waals surface area contributed by atoms with Gasteiger partial charge in [-0.2, -0.15) is 0 Å². The van der Waals surface area contributed by atoms with Crippen molar-refractivity contribution in [2.75, 3.05) is 0 Å². The molecule has 0 aromatic rings. The van der Waals surface area contributed by atoms with Gasteiger partial charge in [-0.05, 0) is 20.8 Å². The first-order valence-electron chi connectivity index (χ1n) is 5.18. The smallest absolute Gasteiger partial charge is 0.102 e. The summed E-state index contributed by atoms with van der Waals surface area (Å²) in [5, 5.41) is 4.02. The van der Waals surface area contributed by atoms with Gasteiger partial charge in [0.05, 0.1) is 0 Å². The van der Waals surface area contributed by atoms with Gasteiger partial charge < -0.3 is 0 Å². The van der Waals surface area contributed by atoms with Gasteiger partial charge in [-0.1, -0.05) is 34.1 Å². The summed E-state index contributed by atoms with van der Waals surface area (Å²) >= 11 is -0.547. The Bertz CT molecular complexity index is 144. The molecule has 0 saturated heterocycles. The lowest BCUT2D eigenvalue weighted by atomic mass is 10.6. The van der Waals surface area contributed by atoms with E-state index < -0.39 is 14.1 Å². The molecule has 0 aromatic heterocycles. The van der Waals surface area contributed by atoms with Gasteiger partial charge in [-0.25, -0.2) is 0 Å². The molecule has 0 radical (unpaired) electrons. The number of allylic oxidation sites excluding steroid dienone is 6. The quantitative estimate of drug-likeness (QED) is 0.437. The molecule has 0 saturated carbocycles. The van der Waals surface area contributed by atoms with Gasteiger partial charge in [0.25, 0.3) is 14.1 Å². The second-order valence-corrected chi connectivity index (χ2v) is 6.43. The Morgan fingerprint density at radius 2 is 1.00 bits per heavy atom. The molecule has 0 heterocycles. The van der Waals surface area contributed by atoms with Crippen LogP contribution in [0.15, 0.2) is 36.5 Å². The average Bonchev–Trinajstić information content (AvgIpc) is 2.17. The molecule has 0 aliphatic carbocycles. The first kappa shape index (κ1) is 12.8. The fraction of sp³-hybridized carbons (Fsp3) is 0.500. The topological polar surface area (TPSA) is 0 Å². The van der Waals surface area contributed by atoms with Gasteiger partial charge in [0.2, 0.25) is 0 Å². The third-order valence-electron chi connectivity index (χ3n) is 2.12. The van der Waals surface area contributed by atoms with Gasteiger partial charge >= 0.3 is 0 Å². The summed E-state index contributed by atoms with van der Waals surface area (Å²) in [4.78, 5) is 0. The van der Waals surface area contributed by atoms with Crippen LogP contribution < -0.4 is 0 Å². The van der Waals surface area contributed by atoms with Crippen molar-refractivity contribution in [3.63, 3.8) is 0 Å². The van der Waals surface area contributed by atoms with E-state index in [4.69, 9.17) is 0 Å². The zero-order valence-electron chi connectivity index (χ0n) is 9.16. The van der Waals surface area contributed by atoms with E-state index >= 15 is 0 Å². The molecule has 0 nitrogen and oxygen atoms in total. The maximum atomic E-state index is 2.32. The van der Waals surface area contributed by atoms with Crippen LogP contribution in [-0.4, -0.2) is 14.1 Å². The second-order valence-electron chi connectivity index (χ2n) is 3.28. The van der Waals surface area contributed by atoms with E-state index in [1.807, 2.05) is 0 Å². The zero-order chi connectivity index (χ0) is 9.94. The molecular weight excluding hydrogens is 171 g/mol. The zero-order valence-corrected chi connectivity index (χ0v) is 10.3. The minimum Gasteiger partial charge on any atom is -0.102 e. The molecule has 0 rings (SSSR count). The standard InChI is InChI=1S/3C4H7.Al/c3*1-3-4-2;/h3*3-4H,1H2,2H3;. The van der Waals surface area contributed by atoms with Crippen molar-refractivity contribution in [1.29, 1.82) is 0 Å². The highest BCUT2D eigenvalue weighted by Gasteiger charge is 2.10. The molecule has 13 heavy (non-hydrogen) atoms. The van der Waals surface area contributed by atoms with Crippen LogP contribution in [0.3, 0.4) is 0 Å². The van der Waals surface area contributed by atoms with Crippen molar-refractivity contribution < 1.29 is 0 Å². The highest BCUT2D eigenvalue weighted by Crippen LogP contribution is 2.08. The van der Waals surface area contributed by atoms with Gasteiger partial charge in [0, 0.05) is 0 Å². The van der Waals surface area contributed by atoms with E-state index in [9.17, 15) is 0 Å². The highest BCUT2D eigenvalue weighted by atomic mass is 27.2. The van der Waals surface area contributed by atoms with Gasteiger partial charge in [0.1, 0.15) is 0 Å². The SMILES string of the molecule is CC=C[CH2][Al]([CH2]C=CC)[CH2]C=CC. The van der Waals surface area contributed by atoms with E-state index in [1.165, 1.54) is 15.8 Å². The molecule has 0 fully saturated rings. The van der Waals surface area contributed by atoms with Crippen molar-refractivity contribution in [2.45, 2.75) is 36.6 Å². The summed E-state index contributed by atoms with van der Waals surface area (Å²) in [6, 6.07) is 0. The average molecular weight is 192 g/mol. The Morgan fingerprint density at radius 1 is 0.692 bits per heavy atom. The third-order valence-corrected chi connectivity index (χ3v) is 4.93. The monoisotopic (exact) mass is 192 g/mol. The molecule has 0 N–H and O–H groups in total. The summed E-state index contributed by atoms with van der Waals surface area (Å²) < 4.78 is 0. The minimum absolute atomic E-state index is 0.547. The van der Waals surface area contributed by atoms with E-state index in [1.54, 1.807) is 0 Å². The number of hydrogen-bond acceptors (Lipinski definition) is 0. The maximum absolute atomic E-state index is 2.32. The summed E-state index contributed by atoms with van der Waals surface area (Å²) in [5.74, 6) is 0. The second kappa shape index (κ2) is 9.84. The lowest BCUT2D eigenvalue weighted by Crippen LogP contribution is -2.07. The summed E-state index contributed by atoms with van der Waals surface area (Å²) in [5.41, 5.74) is 0.